The third kappa shape index (κ3) is 6.49. The number of benzene rings is 2. The zero-order chi connectivity index (χ0) is 21.6. The molecule has 3 N–H and O–H groups in total. The quantitative estimate of drug-likeness (QED) is 0.568. The van der Waals surface area contributed by atoms with Gasteiger partial charge in [0.1, 0.15) is 0 Å². The van der Waals surface area contributed by atoms with E-state index in [-0.39, 0.29) is 5.56 Å². The minimum atomic E-state index is -4.44. The minimum absolute atomic E-state index is 0.274. The van der Waals surface area contributed by atoms with Crippen molar-refractivity contribution in [2.75, 3.05) is 5.32 Å². The molecule has 6 nitrogen and oxygen atoms in total. The van der Waals surface area contributed by atoms with Gasteiger partial charge in [0.2, 0.25) is 5.91 Å². The molecule has 0 fully saturated rings. The zero-order valence-electron chi connectivity index (χ0n) is 15.2. The molecule has 0 bridgehead atoms. The number of nitrogens with two attached hydrogens (primary N) is 1. The standard InChI is InChI=1S/C20H17F3N2O4/c1-12(19(28)25-16-9-5-14(6-10-16)18(24)27)29-17(26)11-4-13-2-7-15(8-3-13)20(21,22)23/h2-12H,1H3,(H2,24,27)(H,25,28)/b11-4+/t12-/m0/s1. The van der Waals surface area contributed by atoms with E-state index in [4.69, 9.17) is 10.5 Å². The van der Waals surface area contributed by atoms with E-state index in [2.05, 4.69) is 5.32 Å². The molecule has 9 heteroatoms. The van der Waals surface area contributed by atoms with Crippen molar-refractivity contribution in [3.63, 3.8) is 0 Å². The van der Waals surface area contributed by atoms with Gasteiger partial charge in [-0.05, 0) is 55.0 Å². The van der Waals surface area contributed by atoms with Crippen LogP contribution in [0.2, 0.25) is 0 Å². The number of carbonyl (C=O) groups excluding carboxylic acids is 3. The molecule has 0 aliphatic rings. The second kappa shape index (κ2) is 9.05. The minimum Gasteiger partial charge on any atom is -0.449 e. The predicted octanol–water partition coefficient (Wildman–Crippen LogP) is 3.39. The number of carbonyl (C=O) groups is 3. The van der Waals surface area contributed by atoms with Crippen LogP contribution < -0.4 is 11.1 Å². The van der Waals surface area contributed by atoms with Crippen molar-refractivity contribution in [2.24, 2.45) is 5.73 Å². The number of primary amides is 1. The molecule has 0 unspecified atom stereocenters. The van der Waals surface area contributed by atoms with Crippen LogP contribution >= 0.6 is 0 Å². The fourth-order valence-electron chi connectivity index (χ4n) is 2.18. The van der Waals surface area contributed by atoms with Crippen molar-refractivity contribution in [2.45, 2.75) is 19.2 Å². The van der Waals surface area contributed by atoms with Gasteiger partial charge in [-0.1, -0.05) is 12.1 Å². The lowest BCUT2D eigenvalue weighted by atomic mass is 10.1. The highest BCUT2D eigenvalue weighted by molar-refractivity contribution is 5.97. The molecule has 0 radical (unpaired) electrons. The average Bonchev–Trinajstić information content (AvgIpc) is 2.66. The maximum atomic E-state index is 12.5. The van der Waals surface area contributed by atoms with Crippen molar-refractivity contribution in [3.05, 3.63) is 71.3 Å². The molecule has 2 aromatic rings. The van der Waals surface area contributed by atoms with Gasteiger partial charge in [-0.3, -0.25) is 9.59 Å². The first kappa shape index (κ1) is 21.7. The second-order valence-corrected chi connectivity index (χ2v) is 5.96. The number of rotatable bonds is 6. The van der Waals surface area contributed by atoms with E-state index in [0.717, 1.165) is 18.2 Å². The molecule has 0 saturated heterocycles. The fourth-order valence-corrected chi connectivity index (χ4v) is 2.18. The van der Waals surface area contributed by atoms with Crippen molar-refractivity contribution in [1.29, 1.82) is 0 Å². The van der Waals surface area contributed by atoms with Gasteiger partial charge < -0.3 is 15.8 Å². The Morgan fingerprint density at radius 1 is 1.03 bits per heavy atom. The highest BCUT2D eigenvalue weighted by Gasteiger charge is 2.29. The maximum Gasteiger partial charge on any atom is 0.416 e. The van der Waals surface area contributed by atoms with Crippen LogP contribution in [0.3, 0.4) is 0 Å². The van der Waals surface area contributed by atoms with Crippen molar-refractivity contribution in [1.82, 2.24) is 0 Å². The monoisotopic (exact) mass is 406 g/mol. The number of hydrogen-bond donors (Lipinski definition) is 2. The Hall–Kier alpha value is -3.62. The van der Waals surface area contributed by atoms with Gasteiger partial charge in [0.15, 0.2) is 6.10 Å². The van der Waals surface area contributed by atoms with Crippen LogP contribution in [0.4, 0.5) is 18.9 Å². The number of hydrogen-bond acceptors (Lipinski definition) is 4. The Kier molecular flexibility index (Phi) is 6.76. The Bertz CT molecular complexity index is 920. The summed E-state index contributed by atoms with van der Waals surface area (Å²) < 4.78 is 42.5. The SMILES string of the molecule is C[C@H](OC(=O)/C=C/c1ccc(C(F)(F)F)cc1)C(=O)Nc1ccc(C(N)=O)cc1. The van der Waals surface area contributed by atoms with Gasteiger partial charge in [0, 0.05) is 17.3 Å². The molecule has 2 aromatic carbocycles. The van der Waals surface area contributed by atoms with Crippen LogP contribution in [-0.4, -0.2) is 23.9 Å². The summed E-state index contributed by atoms with van der Waals surface area (Å²) >= 11 is 0. The molecule has 1 atom stereocenters. The van der Waals surface area contributed by atoms with Gasteiger partial charge in [0.05, 0.1) is 5.56 Å². The summed E-state index contributed by atoms with van der Waals surface area (Å²) in [6.07, 6.45) is -3.29. The third-order valence-electron chi connectivity index (χ3n) is 3.75. The predicted molar refractivity (Wildman–Crippen MR) is 99.6 cm³/mol. The number of anilines is 1. The topological polar surface area (TPSA) is 98.5 Å². The normalized spacial score (nSPS) is 12.4. The molecule has 152 valence electrons. The first-order valence-corrected chi connectivity index (χ1v) is 8.33. The second-order valence-electron chi connectivity index (χ2n) is 5.96. The number of alkyl halides is 3. The molecule has 0 spiro atoms. The van der Waals surface area contributed by atoms with E-state index < -0.39 is 35.6 Å². The molecule has 0 aliphatic heterocycles. The van der Waals surface area contributed by atoms with Gasteiger partial charge >= 0.3 is 12.1 Å². The van der Waals surface area contributed by atoms with Crippen LogP contribution in [0, 0.1) is 0 Å². The molecule has 2 rings (SSSR count). The highest BCUT2D eigenvalue weighted by atomic mass is 19.4. The number of amides is 2. The van der Waals surface area contributed by atoms with Gasteiger partial charge in [-0.25, -0.2) is 4.79 Å². The van der Waals surface area contributed by atoms with E-state index in [1.165, 1.54) is 49.4 Å². The van der Waals surface area contributed by atoms with Crippen LogP contribution in [0.1, 0.15) is 28.4 Å². The molecule has 0 aliphatic carbocycles. The summed E-state index contributed by atoms with van der Waals surface area (Å²) in [6.45, 7) is 1.36. The summed E-state index contributed by atoms with van der Waals surface area (Å²) in [5.41, 5.74) is 5.34. The van der Waals surface area contributed by atoms with Crippen LogP contribution in [-0.2, 0) is 20.5 Å². The number of esters is 1. The lowest BCUT2D eigenvalue weighted by Gasteiger charge is -2.12. The Morgan fingerprint density at radius 3 is 2.14 bits per heavy atom. The largest absolute Gasteiger partial charge is 0.449 e. The molecule has 0 heterocycles. The summed E-state index contributed by atoms with van der Waals surface area (Å²) in [4.78, 5) is 34.9. The molecule has 0 aromatic heterocycles. The van der Waals surface area contributed by atoms with E-state index in [1.807, 2.05) is 0 Å². The first-order chi connectivity index (χ1) is 13.6. The van der Waals surface area contributed by atoms with Gasteiger partial charge in [-0.2, -0.15) is 13.2 Å². The fraction of sp³-hybridized carbons (Fsp3) is 0.150. The van der Waals surface area contributed by atoms with Gasteiger partial charge in [-0.15, -0.1) is 0 Å². The maximum absolute atomic E-state index is 12.5. The lowest BCUT2D eigenvalue weighted by Crippen LogP contribution is -2.29. The van der Waals surface area contributed by atoms with E-state index in [0.29, 0.717) is 11.3 Å². The third-order valence-corrected chi connectivity index (χ3v) is 3.75. The first-order valence-electron chi connectivity index (χ1n) is 8.33. The van der Waals surface area contributed by atoms with E-state index in [1.54, 1.807) is 0 Å². The smallest absolute Gasteiger partial charge is 0.416 e. The highest BCUT2D eigenvalue weighted by Crippen LogP contribution is 2.29. The number of ether oxygens (including phenoxy) is 1. The van der Waals surface area contributed by atoms with E-state index in [9.17, 15) is 27.6 Å². The van der Waals surface area contributed by atoms with Crippen LogP contribution in [0.5, 0.6) is 0 Å². The lowest BCUT2D eigenvalue weighted by molar-refractivity contribution is -0.148. The van der Waals surface area contributed by atoms with Crippen molar-refractivity contribution in [3.8, 4) is 0 Å². The van der Waals surface area contributed by atoms with Crippen molar-refractivity contribution >= 4 is 29.5 Å². The summed E-state index contributed by atoms with van der Waals surface area (Å²) in [5.74, 6) is -2.05. The Morgan fingerprint density at radius 2 is 1.62 bits per heavy atom. The zero-order valence-corrected chi connectivity index (χ0v) is 15.2. The molecule has 2 amide bonds. The molecular weight excluding hydrogens is 389 g/mol. The Labute approximate surface area is 164 Å². The van der Waals surface area contributed by atoms with Crippen LogP contribution in [0.25, 0.3) is 6.08 Å². The summed E-state index contributed by atoms with van der Waals surface area (Å²) in [5, 5.41) is 2.51. The number of halogens is 3. The average molecular weight is 406 g/mol. The molecule has 29 heavy (non-hydrogen) atoms. The Balaban J connectivity index is 1.89. The summed E-state index contributed by atoms with van der Waals surface area (Å²) in [7, 11) is 0. The summed E-state index contributed by atoms with van der Waals surface area (Å²) in [6, 6.07) is 10.0. The number of nitrogens with one attached hydrogen (secondary N) is 1. The van der Waals surface area contributed by atoms with Crippen molar-refractivity contribution < 1.29 is 32.3 Å². The van der Waals surface area contributed by atoms with E-state index >= 15 is 0 Å². The molecule has 0 saturated carbocycles. The van der Waals surface area contributed by atoms with Gasteiger partial charge in [0.25, 0.3) is 5.91 Å². The van der Waals surface area contributed by atoms with Crippen LogP contribution in [0.15, 0.2) is 54.6 Å². The molecular formula is C20H17F3N2O4.